The van der Waals surface area contributed by atoms with Gasteiger partial charge in [-0.2, -0.15) is 18.3 Å². The molecule has 16 heteroatoms. The van der Waals surface area contributed by atoms with Crippen molar-refractivity contribution in [3.05, 3.63) is 58.2 Å². The van der Waals surface area contributed by atoms with Crippen LogP contribution in [0.1, 0.15) is 33.9 Å². The highest BCUT2D eigenvalue weighted by Gasteiger charge is 2.32. The number of fused-ring (bicyclic) bond motifs is 1. The number of aromatic nitrogens is 2. The second-order valence-corrected chi connectivity index (χ2v) is 9.26. The number of alkyl halides is 4. The van der Waals surface area contributed by atoms with Gasteiger partial charge in [0.25, 0.3) is 5.91 Å². The third kappa shape index (κ3) is 7.16. The van der Waals surface area contributed by atoms with Gasteiger partial charge >= 0.3 is 12.1 Å². The molecule has 0 fully saturated rings. The van der Waals surface area contributed by atoms with Crippen LogP contribution in [0.2, 0.25) is 5.02 Å². The summed E-state index contributed by atoms with van der Waals surface area (Å²) in [5.41, 5.74) is -0.267. The van der Waals surface area contributed by atoms with E-state index in [-0.39, 0.29) is 29.2 Å². The lowest BCUT2D eigenvalue weighted by molar-refractivity contribution is -0.138. The van der Waals surface area contributed by atoms with E-state index in [1.807, 2.05) is 0 Å². The Bertz CT molecular complexity index is 1480. The molecule has 11 nitrogen and oxygen atoms in total. The second-order valence-electron chi connectivity index (χ2n) is 8.82. The molecule has 2 aromatic carbocycles. The molecule has 40 heavy (non-hydrogen) atoms. The maximum atomic E-state index is 13.3. The third-order valence-electron chi connectivity index (χ3n) is 5.78. The van der Waals surface area contributed by atoms with E-state index < -0.39 is 54.7 Å². The molecule has 3 aromatic rings. The minimum Gasteiger partial charge on any atom is -0.481 e. The maximum Gasteiger partial charge on any atom is 0.416 e. The van der Waals surface area contributed by atoms with E-state index in [1.165, 1.54) is 12.3 Å². The number of aliphatic imine (C=N–C) groups is 1. The lowest BCUT2D eigenvalue weighted by Crippen LogP contribution is -2.41. The van der Waals surface area contributed by atoms with Crippen molar-refractivity contribution < 1.29 is 37.1 Å². The molecular weight excluding hydrogens is 562 g/mol. The van der Waals surface area contributed by atoms with E-state index in [1.54, 1.807) is 6.07 Å². The van der Waals surface area contributed by atoms with E-state index in [2.05, 4.69) is 36.5 Å². The van der Waals surface area contributed by atoms with Gasteiger partial charge in [0.05, 0.1) is 54.9 Å². The lowest BCUT2D eigenvalue weighted by Gasteiger charge is -2.20. The minimum absolute atomic E-state index is 0.0281. The molecule has 1 aromatic heterocycles. The first-order valence-electron chi connectivity index (χ1n) is 11.7. The van der Waals surface area contributed by atoms with Crippen LogP contribution in [-0.2, 0) is 15.8 Å². The zero-order chi connectivity index (χ0) is 29.0. The van der Waals surface area contributed by atoms with Crippen molar-refractivity contribution >= 4 is 51.9 Å². The fraction of sp³-hybridized carbons (Fsp3) is 0.292. The zero-order valence-corrected chi connectivity index (χ0v) is 21.2. The summed E-state index contributed by atoms with van der Waals surface area (Å²) in [6.45, 7) is -0.583. The van der Waals surface area contributed by atoms with Crippen molar-refractivity contribution in [3.63, 3.8) is 0 Å². The number of halogens is 5. The first-order valence-corrected chi connectivity index (χ1v) is 12.1. The fourth-order valence-electron chi connectivity index (χ4n) is 3.96. The van der Waals surface area contributed by atoms with Gasteiger partial charge in [-0.1, -0.05) is 11.6 Å². The Balaban J connectivity index is 1.47. The Kier molecular flexibility index (Phi) is 8.42. The Hall–Kier alpha value is -4.40. The van der Waals surface area contributed by atoms with Crippen LogP contribution in [0.25, 0.3) is 10.9 Å². The number of carbonyl (C=O) groups is 3. The van der Waals surface area contributed by atoms with E-state index in [0.717, 1.165) is 6.07 Å². The van der Waals surface area contributed by atoms with Crippen LogP contribution < -0.4 is 21.3 Å². The number of nitrogens with one attached hydrogen (secondary N) is 5. The van der Waals surface area contributed by atoms with E-state index in [0.29, 0.717) is 34.7 Å². The Morgan fingerprint density at radius 2 is 1.95 bits per heavy atom. The van der Waals surface area contributed by atoms with Crippen molar-refractivity contribution in [2.75, 3.05) is 25.0 Å². The summed E-state index contributed by atoms with van der Waals surface area (Å²) in [5.74, 6) is -2.62. The number of amides is 2. The van der Waals surface area contributed by atoms with Crippen LogP contribution in [0.3, 0.4) is 0 Å². The molecule has 1 aliphatic rings. The number of aliphatic carboxylic acids is 1. The van der Waals surface area contributed by atoms with Gasteiger partial charge in [-0.25, -0.2) is 9.38 Å². The van der Waals surface area contributed by atoms with Crippen LogP contribution in [0.5, 0.6) is 0 Å². The molecule has 0 saturated heterocycles. The van der Waals surface area contributed by atoms with Crippen LogP contribution in [0, 0.1) is 0 Å². The average Bonchev–Trinajstić information content (AvgIpc) is 3.35. The Morgan fingerprint density at radius 3 is 2.62 bits per heavy atom. The van der Waals surface area contributed by atoms with Crippen LogP contribution in [-0.4, -0.2) is 64.9 Å². The molecule has 0 aliphatic carbocycles. The van der Waals surface area contributed by atoms with Gasteiger partial charge in [-0.05, 0) is 35.9 Å². The van der Waals surface area contributed by atoms with Gasteiger partial charge in [0.1, 0.15) is 6.17 Å². The van der Waals surface area contributed by atoms with Crippen molar-refractivity contribution in [1.29, 1.82) is 0 Å². The normalized spacial score (nSPS) is 16.0. The molecule has 1 aliphatic heterocycles. The molecule has 2 amide bonds. The summed E-state index contributed by atoms with van der Waals surface area (Å²) in [6.07, 6.45) is -5.20. The SMILES string of the molecule is O=C(O)C[C@H](NC(=O)CNC(=O)c1cc(NC2=NCC(F)CN2)cc2[nH]ncc12)c1cc(Cl)cc(C(F)(F)F)c1. The molecule has 1 unspecified atom stereocenters. The molecule has 6 N–H and O–H groups in total. The number of hydrogen-bond donors (Lipinski definition) is 6. The van der Waals surface area contributed by atoms with Crippen molar-refractivity contribution in [2.45, 2.75) is 24.8 Å². The minimum atomic E-state index is -4.75. The number of aromatic amines is 1. The molecule has 212 valence electrons. The number of carboxylic acid groups (broad SMARTS) is 1. The van der Waals surface area contributed by atoms with Crippen LogP contribution in [0.15, 0.2) is 41.5 Å². The number of nitrogens with zero attached hydrogens (tertiary/aromatic N) is 2. The summed E-state index contributed by atoms with van der Waals surface area (Å²) in [6, 6.07) is 4.26. The Morgan fingerprint density at radius 1 is 1.18 bits per heavy atom. The molecule has 2 atom stereocenters. The first-order chi connectivity index (χ1) is 18.9. The number of H-pyrrole nitrogens is 1. The number of anilines is 1. The molecule has 4 rings (SSSR count). The standard InChI is InChI=1S/C24H22ClF4N7O4/c25-13-2-11(1-12(3-13)24(27,28)29)18(6-21(38)39)35-20(37)10-30-22(40)16-4-15(5-19-17(16)9-33-36-19)34-23-31-7-14(26)8-32-23/h1-5,9,14,18H,6-8,10H2,(H,30,40)(H,33,36)(H,35,37)(H,38,39)(H2,31,32,34)/t18-/m0/s1. The predicted octanol–water partition coefficient (Wildman–Crippen LogP) is 3.01. The quantitative estimate of drug-likeness (QED) is 0.222. The summed E-state index contributed by atoms with van der Waals surface area (Å²) in [7, 11) is 0. The molecule has 0 spiro atoms. The van der Waals surface area contributed by atoms with Gasteiger partial charge in [0, 0.05) is 16.1 Å². The van der Waals surface area contributed by atoms with Gasteiger partial charge in [0.2, 0.25) is 5.91 Å². The average molecular weight is 584 g/mol. The summed E-state index contributed by atoms with van der Waals surface area (Å²) < 4.78 is 53.0. The van der Waals surface area contributed by atoms with E-state index in [4.69, 9.17) is 11.6 Å². The maximum absolute atomic E-state index is 13.3. The molecular formula is C24H22ClF4N7O4. The first kappa shape index (κ1) is 28.6. The van der Waals surface area contributed by atoms with Crippen LogP contribution in [0.4, 0.5) is 23.2 Å². The third-order valence-corrected chi connectivity index (χ3v) is 6.00. The molecule has 0 bridgehead atoms. The summed E-state index contributed by atoms with van der Waals surface area (Å²) >= 11 is 5.80. The number of rotatable bonds is 8. The summed E-state index contributed by atoms with van der Waals surface area (Å²) in [4.78, 5) is 41.0. The smallest absolute Gasteiger partial charge is 0.416 e. The topological polar surface area (TPSA) is 161 Å². The van der Waals surface area contributed by atoms with Gasteiger partial charge < -0.3 is 26.4 Å². The number of hydrogen-bond acceptors (Lipinski definition) is 7. The number of carbonyl (C=O) groups excluding carboxylic acids is 2. The molecule has 0 radical (unpaired) electrons. The highest BCUT2D eigenvalue weighted by atomic mass is 35.5. The number of benzene rings is 2. The van der Waals surface area contributed by atoms with Gasteiger partial charge in [-0.3, -0.25) is 19.5 Å². The van der Waals surface area contributed by atoms with Gasteiger partial charge in [0.15, 0.2) is 5.96 Å². The molecule has 2 heterocycles. The highest BCUT2D eigenvalue weighted by molar-refractivity contribution is 6.30. The number of carboxylic acids is 1. The molecule has 0 saturated carbocycles. The zero-order valence-electron chi connectivity index (χ0n) is 20.4. The van der Waals surface area contributed by atoms with E-state index in [9.17, 15) is 37.1 Å². The number of guanidine groups is 1. The largest absolute Gasteiger partial charge is 0.481 e. The monoisotopic (exact) mass is 583 g/mol. The second kappa shape index (κ2) is 11.8. The fourth-order valence-corrected chi connectivity index (χ4v) is 4.20. The van der Waals surface area contributed by atoms with Crippen molar-refractivity contribution in [2.24, 2.45) is 4.99 Å². The van der Waals surface area contributed by atoms with Gasteiger partial charge in [-0.15, -0.1) is 0 Å². The predicted molar refractivity (Wildman–Crippen MR) is 137 cm³/mol. The highest BCUT2D eigenvalue weighted by Crippen LogP contribution is 2.34. The van der Waals surface area contributed by atoms with E-state index >= 15 is 0 Å². The summed E-state index contributed by atoms with van der Waals surface area (Å²) in [5, 5.41) is 26.5. The lowest BCUT2D eigenvalue weighted by atomic mass is 10.0. The van der Waals surface area contributed by atoms with Crippen molar-refractivity contribution in [3.8, 4) is 0 Å². The Labute approximate surface area is 228 Å². The van der Waals surface area contributed by atoms with Crippen molar-refractivity contribution in [1.82, 2.24) is 26.1 Å². The van der Waals surface area contributed by atoms with Crippen LogP contribution >= 0.6 is 11.6 Å².